The van der Waals surface area contributed by atoms with Crippen molar-refractivity contribution in [2.24, 2.45) is 0 Å². The van der Waals surface area contributed by atoms with E-state index in [1.807, 2.05) is 12.1 Å². The summed E-state index contributed by atoms with van der Waals surface area (Å²) in [5.41, 5.74) is 2.23. The lowest BCUT2D eigenvalue weighted by molar-refractivity contribution is -0.127. The number of amides is 3. The molecule has 2 N–H and O–H groups in total. The van der Waals surface area contributed by atoms with Crippen LogP contribution in [0.2, 0.25) is 0 Å². The fourth-order valence-corrected chi connectivity index (χ4v) is 4.96. The third-order valence-corrected chi connectivity index (χ3v) is 6.79. The lowest BCUT2D eigenvalue weighted by Crippen LogP contribution is -2.46. The Kier molecular flexibility index (Phi) is 4.82. The lowest BCUT2D eigenvalue weighted by atomic mass is 9.82. The topological polar surface area (TPSA) is 122 Å². The number of pyridine rings is 1. The van der Waals surface area contributed by atoms with Gasteiger partial charge in [-0.1, -0.05) is 18.2 Å². The first-order valence-electron chi connectivity index (χ1n) is 11.4. The zero-order valence-electron chi connectivity index (χ0n) is 19.3. The van der Waals surface area contributed by atoms with E-state index in [-0.39, 0.29) is 30.4 Å². The van der Waals surface area contributed by atoms with Gasteiger partial charge in [-0.25, -0.2) is 4.98 Å². The van der Waals surface area contributed by atoms with Gasteiger partial charge in [-0.2, -0.15) is 0 Å². The maximum atomic E-state index is 13.2. The Hall–Kier alpha value is -4.66. The molecule has 1 fully saturated rings. The third-order valence-electron chi connectivity index (χ3n) is 6.79. The summed E-state index contributed by atoms with van der Waals surface area (Å²) < 4.78 is 11.3. The molecule has 4 heterocycles. The van der Waals surface area contributed by atoms with Crippen molar-refractivity contribution in [2.45, 2.75) is 18.4 Å². The standard InChI is InChI=1S/C27H21N3O6/c1-35-18-6-5-16-13-30(25(33)19(16)10-18)14-27(12-24(32)29-26(27)34)23-11-21-22(36-23)8-7-20(28-21)15-3-2-4-17(31)9-15/h2-11,31H,12-14H2,1H3,(H,29,32,34)/t27-/m1/s1. The van der Waals surface area contributed by atoms with Gasteiger partial charge in [0.2, 0.25) is 11.8 Å². The number of furan rings is 1. The van der Waals surface area contributed by atoms with Crippen LogP contribution in [-0.2, 0) is 21.5 Å². The number of carbonyl (C=O) groups excluding carboxylic acids is 3. The zero-order valence-corrected chi connectivity index (χ0v) is 19.3. The van der Waals surface area contributed by atoms with E-state index in [9.17, 15) is 19.5 Å². The number of ether oxygens (including phenoxy) is 1. The first kappa shape index (κ1) is 21.8. The molecule has 2 aliphatic rings. The molecular formula is C27H21N3O6. The fraction of sp³-hybridized carbons (Fsp3) is 0.185. The number of hydrogen-bond acceptors (Lipinski definition) is 7. The van der Waals surface area contributed by atoms with Gasteiger partial charge in [-0.15, -0.1) is 0 Å². The molecule has 1 saturated heterocycles. The second-order valence-electron chi connectivity index (χ2n) is 9.06. The van der Waals surface area contributed by atoms with Crippen LogP contribution in [0.5, 0.6) is 11.5 Å². The van der Waals surface area contributed by atoms with Gasteiger partial charge in [0.15, 0.2) is 5.58 Å². The number of benzene rings is 2. The summed E-state index contributed by atoms with van der Waals surface area (Å²) in [6.07, 6.45) is -0.144. The van der Waals surface area contributed by atoms with Crippen molar-refractivity contribution in [3.05, 3.63) is 77.6 Å². The smallest absolute Gasteiger partial charge is 0.254 e. The SMILES string of the molecule is COc1ccc2c(c1)C(=O)N(C[C@@]1(c3cc4nc(-c5cccc(O)c5)ccc4o3)CC(=O)NC1=O)C2. The Balaban J connectivity index is 1.38. The number of nitrogens with zero attached hydrogens (tertiary/aromatic N) is 2. The van der Waals surface area contributed by atoms with Gasteiger partial charge in [0, 0.05) is 30.3 Å². The second-order valence-corrected chi connectivity index (χ2v) is 9.06. The Morgan fingerprint density at radius 1 is 1.11 bits per heavy atom. The molecule has 1 atom stereocenters. The quantitative estimate of drug-likeness (QED) is 0.418. The Bertz CT molecular complexity index is 1580. The van der Waals surface area contributed by atoms with Crippen molar-refractivity contribution in [2.75, 3.05) is 13.7 Å². The van der Waals surface area contributed by atoms with Crippen molar-refractivity contribution in [3.63, 3.8) is 0 Å². The molecule has 0 aliphatic carbocycles. The molecule has 4 aromatic rings. The van der Waals surface area contributed by atoms with Crippen molar-refractivity contribution >= 4 is 28.8 Å². The summed E-state index contributed by atoms with van der Waals surface area (Å²) in [6.45, 7) is 0.279. The number of phenols is 1. The lowest BCUT2D eigenvalue weighted by Gasteiger charge is -2.28. The number of fused-ring (bicyclic) bond motifs is 2. The van der Waals surface area contributed by atoms with E-state index in [2.05, 4.69) is 10.3 Å². The maximum absolute atomic E-state index is 13.2. The molecule has 0 spiro atoms. The Morgan fingerprint density at radius 3 is 2.72 bits per heavy atom. The Labute approximate surface area is 205 Å². The summed E-state index contributed by atoms with van der Waals surface area (Å²) >= 11 is 0. The predicted molar refractivity (Wildman–Crippen MR) is 128 cm³/mol. The minimum Gasteiger partial charge on any atom is -0.508 e. The molecule has 9 nitrogen and oxygen atoms in total. The molecule has 9 heteroatoms. The van der Waals surface area contributed by atoms with Gasteiger partial charge in [0.05, 0.1) is 19.2 Å². The van der Waals surface area contributed by atoms with Gasteiger partial charge in [-0.05, 0) is 42.0 Å². The number of hydrogen-bond donors (Lipinski definition) is 2. The van der Waals surface area contributed by atoms with E-state index in [1.165, 1.54) is 7.11 Å². The maximum Gasteiger partial charge on any atom is 0.254 e. The monoisotopic (exact) mass is 483 g/mol. The van der Waals surface area contributed by atoms with Crippen LogP contribution in [0.15, 0.2) is 65.1 Å². The van der Waals surface area contributed by atoms with Gasteiger partial charge in [0.25, 0.3) is 5.91 Å². The minimum absolute atomic E-state index is 0.0281. The minimum atomic E-state index is -1.38. The molecular weight excluding hydrogens is 462 g/mol. The average molecular weight is 483 g/mol. The molecule has 2 aromatic carbocycles. The summed E-state index contributed by atoms with van der Waals surface area (Å²) in [5, 5.41) is 12.2. The van der Waals surface area contributed by atoms with Crippen molar-refractivity contribution in [3.8, 4) is 22.8 Å². The van der Waals surface area contributed by atoms with Gasteiger partial charge in [-0.3, -0.25) is 19.7 Å². The van der Waals surface area contributed by atoms with Crippen LogP contribution in [0.25, 0.3) is 22.4 Å². The van der Waals surface area contributed by atoms with Crippen LogP contribution in [-0.4, -0.2) is 46.4 Å². The normalized spacial score (nSPS) is 19.1. The van der Waals surface area contributed by atoms with Crippen LogP contribution in [0.1, 0.15) is 28.1 Å². The van der Waals surface area contributed by atoms with E-state index in [0.717, 1.165) is 11.1 Å². The van der Waals surface area contributed by atoms with Crippen LogP contribution in [0.3, 0.4) is 0 Å². The van der Waals surface area contributed by atoms with Gasteiger partial charge >= 0.3 is 0 Å². The first-order chi connectivity index (χ1) is 17.4. The number of nitrogens with one attached hydrogen (secondary N) is 1. The third kappa shape index (κ3) is 3.39. The molecule has 0 unspecified atom stereocenters. The molecule has 2 aromatic heterocycles. The van der Waals surface area contributed by atoms with E-state index < -0.39 is 17.2 Å². The molecule has 36 heavy (non-hydrogen) atoms. The second kappa shape index (κ2) is 7.94. The van der Waals surface area contributed by atoms with Crippen LogP contribution < -0.4 is 10.1 Å². The van der Waals surface area contributed by atoms with Gasteiger partial charge < -0.3 is 19.2 Å². The number of aromatic hydroxyl groups is 1. The van der Waals surface area contributed by atoms with Crippen molar-refractivity contribution in [1.29, 1.82) is 0 Å². The highest BCUT2D eigenvalue weighted by Gasteiger charge is 2.53. The number of phenolic OH excluding ortho intramolecular Hbond substituents is 1. The number of aromatic nitrogens is 1. The average Bonchev–Trinajstić information content (AvgIpc) is 3.52. The highest BCUT2D eigenvalue weighted by Crippen LogP contribution is 2.39. The first-order valence-corrected chi connectivity index (χ1v) is 11.4. The summed E-state index contributed by atoms with van der Waals surface area (Å²) in [6, 6.07) is 17.2. The zero-order chi connectivity index (χ0) is 25.0. The molecule has 6 rings (SSSR count). The molecule has 0 bridgehead atoms. The molecule has 2 aliphatic heterocycles. The van der Waals surface area contributed by atoms with E-state index in [1.54, 1.807) is 53.4 Å². The number of rotatable bonds is 5. The van der Waals surface area contributed by atoms with Crippen LogP contribution >= 0.6 is 0 Å². The molecule has 0 saturated carbocycles. The van der Waals surface area contributed by atoms with Crippen LogP contribution in [0, 0.1) is 0 Å². The fourth-order valence-electron chi connectivity index (χ4n) is 4.96. The van der Waals surface area contributed by atoms with Gasteiger partial charge in [0.1, 0.15) is 28.2 Å². The number of imide groups is 1. The van der Waals surface area contributed by atoms with Crippen LogP contribution in [0.4, 0.5) is 0 Å². The number of methoxy groups -OCH3 is 1. The highest BCUT2D eigenvalue weighted by molar-refractivity contribution is 6.10. The van der Waals surface area contributed by atoms with E-state index in [0.29, 0.717) is 34.7 Å². The predicted octanol–water partition coefficient (Wildman–Crippen LogP) is 3.15. The summed E-state index contributed by atoms with van der Waals surface area (Å²) in [4.78, 5) is 44.9. The number of carbonyl (C=O) groups is 3. The largest absolute Gasteiger partial charge is 0.508 e. The summed E-state index contributed by atoms with van der Waals surface area (Å²) in [7, 11) is 1.53. The van der Waals surface area contributed by atoms with E-state index in [4.69, 9.17) is 9.15 Å². The molecule has 180 valence electrons. The van der Waals surface area contributed by atoms with E-state index >= 15 is 0 Å². The molecule has 3 amide bonds. The Morgan fingerprint density at radius 2 is 1.97 bits per heavy atom. The molecule has 0 radical (unpaired) electrons. The van der Waals surface area contributed by atoms with Crippen molar-refractivity contribution in [1.82, 2.24) is 15.2 Å². The highest BCUT2D eigenvalue weighted by atomic mass is 16.5. The summed E-state index contributed by atoms with van der Waals surface area (Å²) in [5.74, 6) is -0.228. The van der Waals surface area contributed by atoms with Crippen molar-refractivity contribution < 1.29 is 28.6 Å².